The molecule has 6 heteroatoms. The van der Waals surface area contributed by atoms with Gasteiger partial charge in [0.05, 0.1) is 14.2 Å². The van der Waals surface area contributed by atoms with Gasteiger partial charge in [0.1, 0.15) is 0 Å². The summed E-state index contributed by atoms with van der Waals surface area (Å²) in [5.74, 6) is 1.18. The van der Waals surface area contributed by atoms with Gasteiger partial charge in [-0.1, -0.05) is 13.8 Å². The maximum atomic E-state index is 12.4. The van der Waals surface area contributed by atoms with Gasteiger partial charge in [-0.05, 0) is 31.0 Å². The van der Waals surface area contributed by atoms with Gasteiger partial charge in [0, 0.05) is 30.6 Å². The zero-order valence-corrected chi connectivity index (χ0v) is 14.8. The molecule has 0 atom stereocenters. The SMILES string of the molecule is COc1ccc(C(=O)NC2CCN(C(=O)C(C)C)CC2)cc1OC. The van der Waals surface area contributed by atoms with Crippen LogP contribution in [0.5, 0.6) is 11.5 Å². The van der Waals surface area contributed by atoms with E-state index in [2.05, 4.69) is 5.32 Å². The van der Waals surface area contributed by atoms with E-state index < -0.39 is 0 Å². The lowest BCUT2D eigenvalue weighted by atomic mass is 10.0. The van der Waals surface area contributed by atoms with E-state index in [4.69, 9.17) is 9.47 Å². The van der Waals surface area contributed by atoms with E-state index in [0.717, 1.165) is 12.8 Å². The molecule has 1 N–H and O–H groups in total. The molecule has 2 amide bonds. The number of hydrogen-bond donors (Lipinski definition) is 1. The lowest BCUT2D eigenvalue weighted by molar-refractivity contribution is -0.135. The first kappa shape index (κ1) is 18.1. The highest BCUT2D eigenvalue weighted by Crippen LogP contribution is 2.27. The van der Waals surface area contributed by atoms with Crippen molar-refractivity contribution in [3.05, 3.63) is 23.8 Å². The number of hydrogen-bond acceptors (Lipinski definition) is 4. The molecule has 2 rings (SSSR count). The largest absolute Gasteiger partial charge is 0.493 e. The monoisotopic (exact) mass is 334 g/mol. The third-order valence-corrected chi connectivity index (χ3v) is 4.28. The van der Waals surface area contributed by atoms with Crippen molar-refractivity contribution in [2.75, 3.05) is 27.3 Å². The molecule has 1 aliphatic rings. The number of carbonyl (C=O) groups is 2. The zero-order valence-electron chi connectivity index (χ0n) is 14.8. The molecule has 1 fully saturated rings. The van der Waals surface area contributed by atoms with Gasteiger partial charge >= 0.3 is 0 Å². The maximum absolute atomic E-state index is 12.4. The van der Waals surface area contributed by atoms with E-state index in [9.17, 15) is 9.59 Å². The number of amides is 2. The average molecular weight is 334 g/mol. The van der Waals surface area contributed by atoms with Gasteiger partial charge in [-0.25, -0.2) is 0 Å². The summed E-state index contributed by atoms with van der Waals surface area (Å²) in [4.78, 5) is 26.3. The van der Waals surface area contributed by atoms with Gasteiger partial charge in [-0.3, -0.25) is 9.59 Å². The Morgan fingerprint density at radius 2 is 1.75 bits per heavy atom. The minimum absolute atomic E-state index is 0.0166. The molecule has 0 spiro atoms. The smallest absolute Gasteiger partial charge is 0.251 e. The number of carbonyl (C=O) groups excluding carboxylic acids is 2. The number of likely N-dealkylation sites (tertiary alicyclic amines) is 1. The molecule has 0 aliphatic carbocycles. The molecule has 1 aromatic rings. The molecule has 0 aromatic heterocycles. The van der Waals surface area contributed by atoms with Gasteiger partial charge in [0.25, 0.3) is 5.91 Å². The Balaban J connectivity index is 1.93. The van der Waals surface area contributed by atoms with Crippen molar-refractivity contribution in [1.29, 1.82) is 0 Å². The van der Waals surface area contributed by atoms with Crippen molar-refractivity contribution < 1.29 is 19.1 Å². The standard InChI is InChI=1S/C18H26N2O4/c1-12(2)18(22)20-9-7-14(8-10-20)19-17(21)13-5-6-15(23-3)16(11-13)24-4/h5-6,11-12,14H,7-10H2,1-4H3,(H,19,21). The summed E-state index contributed by atoms with van der Waals surface area (Å²) in [6.07, 6.45) is 1.55. The highest BCUT2D eigenvalue weighted by Gasteiger charge is 2.25. The first-order chi connectivity index (χ1) is 11.5. The minimum Gasteiger partial charge on any atom is -0.493 e. The number of methoxy groups -OCH3 is 2. The molecule has 24 heavy (non-hydrogen) atoms. The van der Waals surface area contributed by atoms with Crippen molar-refractivity contribution >= 4 is 11.8 Å². The third-order valence-electron chi connectivity index (χ3n) is 4.28. The van der Waals surface area contributed by atoms with Crippen LogP contribution in [0.2, 0.25) is 0 Å². The Morgan fingerprint density at radius 3 is 2.29 bits per heavy atom. The quantitative estimate of drug-likeness (QED) is 0.895. The highest BCUT2D eigenvalue weighted by atomic mass is 16.5. The Bertz CT molecular complexity index is 593. The molecule has 1 heterocycles. The second-order valence-electron chi connectivity index (χ2n) is 6.30. The average Bonchev–Trinajstić information content (AvgIpc) is 2.60. The third kappa shape index (κ3) is 4.19. The van der Waals surface area contributed by atoms with Crippen LogP contribution in [0.4, 0.5) is 0 Å². The van der Waals surface area contributed by atoms with Crippen LogP contribution in [-0.4, -0.2) is 50.1 Å². The van der Waals surface area contributed by atoms with Crippen LogP contribution in [0.15, 0.2) is 18.2 Å². The summed E-state index contributed by atoms with van der Waals surface area (Å²) < 4.78 is 10.4. The summed E-state index contributed by atoms with van der Waals surface area (Å²) in [6, 6.07) is 5.19. The van der Waals surface area contributed by atoms with E-state index in [1.54, 1.807) is 32.4 Å². The summed E-state index contributed by atoms with van der Waals surface area (Å²) in [5, 5.41) is 3.04. The van der Waals surface area contributed by atoms with Gasteiger partial charge in [-0.15, -0.1) is 0 Å². The van der Waals surface area contributed by atoms with Crippen LogP contribution in [0.25, 0.3) is 0 Å². The molecular weight excluding hydrogens is 308 g/mol. The molecule has 1 aromatic carbocycles. The molecule has 6 nitrogen and oxygen atoms in total. The van der Waals surface area contributed by atoms with Gasteiger partial charge in [0.2, 0.25) is 5.91 Å². The van der Waals surface area contributed by atoms with Crippen LogP contribution < -0.4 is 14.8 Å². The van der Waals surface area contributed by atoms with Crippen LogP contribution in [0, 0.1) is 5.92 Å². The van der Waals surface area contributed by atoms with E-state index in [1.807, 2.05) is 18.7 Å². The zero-order chi connectivity index (χ0) is 17.7. The lowest BCUT2D eigenvalue weighted by Gasteiger charge is -2.33. The fourth-order valence-corrected chi connectivity index (χ4v) is 2.86. The summed E-state index contributed by atoms with van der Waals surface area (Å²) in [7, 11) is 3.10. The first-order valence-corrected chi connectivity index (χ1v) is 8.28. The second kappa shape index (κ2) is 8.04. The van der Waals surface area contributed by atoms with E-state index in [0.29, 0.717) is 30.2 Å². The predicted molar refractivity (Wildman–Crippen MR) is 91.5 cm³/mol. The number of nitrogens with one attached hydrogen (secondary N) is 1. The fourth-order valence-electron chi connectivity index (χ4n) is 2.86. The molecule has 1 saturated heterocycles. The van der Waals surface area contributed by atoms with Crippen LogP contribution in [0.1, 0.15) is 37.0 Å². The van der Waals surface area contributed by atoms with Gasteiger partial charge < -0.3 is 19.7 Å². The van der Waals surface area contributed by atoms with Crippen molar-refractivity contribution in [3.8, 4) is 11.5 Å². The Morgan fingerprint density at radius 1 is 1.12 bits per heavy atom. The van der Waals surface area contributed by atoms with E-state index in [1.165, 1.54) is 0 Å². The Kier molecular flexibility index (Phi) is 6.06. The van der Waals surface area contributed by atoms with Crippen molar-refractivity contribution in [2.45, 2.75) is 32.7 Å². The highest BCUT2D eigenvalue weighted by molar-refractivity contribution is 5.95. The summed E-state index contributed by atoms with van der Waals surface area (Å²) in [6.45, 7) is 5.20. The number of nitrogens with zero attached hydrogens (tertiary/aromatic N) is 1. The van der Waals surface area contributed by atoms with Crippen molar-refractivity contribution in [1.82, 2.24) is 10.2 Å². The van der Waals surface area contributed by atoms with E-state index >= 15 is 0 Å². The van der Waals surface area contributed by atoms with E-state index in [-0.39, 0.29) is 23.8 Å². The first-order valence-electron chi connectivity index (χ1n) is 8.28. The maximum Gasteiger partial charge on any atom is 0.251 e. The van der Waals surface area contributed by atoms with Gasteiger partial charge in [-0.2, -0.15) is 0 Å². The predicted octanol–water partition coefficient (Wildman–Crippen LogP) is 2.08. The Hall–Kier alpha value is -2.24. The number of ether oxygens (including phenoxy) is 2. The molecule has 132 valence electrons. The molecule has 0 radical (unpaired) electrons. The van der Waals surface area contributed by atoms with Crippen LogP contribution in [0.3, 0.4) is 0 Å². The molecule has 0 bridgehead atoms. The number of benzene rings is 1. The molecule has 1 aliphatic heterocycles. The van der Waals surface area contributed by atoms with Crippen molar-refractivity contribution in [3.63, 3.8) is 0 Å². The molecule has 0 saturated carbocycles. The lowest BCUT2D eigenvalue weighted by Crippen LogP contribution is -2.47. The molecule has 0 unspecified atom stereocenters. The second-order valence-corrected chi connectivity index (χ2v) is 6.30. The van der Waals surface area contributed by atoms with Crippen molar-refractivity contribution in [2.24, 2.45) is 5.92 Å². The molecular formula is C18H26N2O4. The Labute approximate surface area is 143 Å². The number of piperidine rings is 1. The van der Waals surface area contributed by atoms with Crippen LogP contribution >= 0.6 is 0 Å². The topological polar surface area (TPSA) is 67.9 Å². The fraction of sp³-hybridized carbons (Fsp3) is 0.556. The number of rotatable bonds is 5. The minimum atomic E-state index is -0.135. The normalized spacial score (nSPS) is 15.3. The van der Waals surface area contributed by atoms with Gasteiger partial charge in [0.15, 0.2) is 11.5 Å². The van der Waals surface area contributed by atoms with Crippen LogP contribution in [-0.2, 0) is 4.79 Å². The summed E-state index contributed by atoms with van der Waals surface area (Å²) >= 11 is 0. The summed E-state index contributed by atoms with van der Waals surface area (Å²) in [5.41, 5.74) is 0.535.